The second kappa shape index (κ2) is 5.29. The van der Waals surface area contributed by atoms with Crippen LogP contribution in [0.25, 0.3) is 0 Å². The molecule has 0 aliphatic heterocycles. The standard InChI is InChI=1S/C14H20N2O2/c1-9-4-3-5-11(9)14(17)16-13-8-10(18-2)6-7-12(13)15/h6-9,11H,3-5,15H2,1-2H3,(H,16,17). The van der Waals surface area contributed by atoms with Crippen LogP contribution in [0.5, 0.6) is 5.75 Å². The average Bonchev–Trinajstić information content (AvgIpc) is 2.78. The normalized spacial score (nSPS) is 22.8. The van der Waals surface area contributed by atoms with Gasteiger partial charge >= 0.3 is 0 Å². The molecule has 1 aromatic carbocycles. The minimum absolute atomic E-state index is 0.0694. The van der Waals surface area contributed by atoms with Gasteiger partial charge < -0.3 is 15.8 Å². The summed E-state index contributed by atoms with van der Waals surface area (Å²) in [4.78, 5) is 12.2. The third-order valence-electron chi connectivity index (χ3n) is 3.72. The van der Waals surface area contributed by atoms with Gasteiger partial charge in [0.2, 0.25) is 5.91 Å². The van der Waals surface area contributed by atoms with Crippen molar-refractivity contribution in [3.63, 3.8) is 0 Å². The van der Waals surface area contributed by atoms with Gasteiger partial charge in [0, 0.05) is 12.0 Å². The summed E-state index contributed by atoms with van der Waals surface area (Å²) < 4.78 is 5.13. The van der Waals surface area contributed by atoms with Gasteiger partial charge in [-0.15, -0.1) is 0 Å². The van der Waals surface area contributed by atoms with E-state index in [-0.39, 0.29) is 11.8 Å². The molecule has 18 heavy (non-hydrogen) atoms. The maximum atomic E-state index is 12.2. The van der Waals surface area contributed by atoms with Gasteiger partial charge in [-0.25, -0.2) is 0 Å². The molecule has 0 saturated heterocycles. The number of hydrogen-bond donors (Lipinski definition) is 2. The van der Waals surface area contributed by atoms with Crippen molar-refractivity contribution in [3.05, 3.63) is 18.2 Å². The Kier molecular flexibility index (Phi) is 3.75. The van der Waals surface area contributed by atoms with Crippen LogP contribution >= 0.6 is 0 Å². The molecule has 0 heterocycles. The Morgan fingerprint density at radius 1 is 1.44 bits per heavy atom. The largest absolute Gasteiger partial charge is 0.497 e. The summed E-state index contributed by atoms with van der Waals surface area (Å²) in [6.07, 6.45) is 3.23. The van der Waals surface area contributed by atoms with Crippen molar-refractivity contribution in [1.82, 2.24) is 0 Å². The highest BCUT2D eigenvalue weighted by Gasteiger charge is 2.29. The Bertz CT molecular complexity index is 445. The van der Waals surface area contributed by atoms with E-state index in [0.29, 0.717) is 23.0 Å². The smallest absolute Gasteiger partial charge is 0.227 e. The van der Waals surface area contributed by atoms with Crippen LogP contribution in [0.2, 0.25) is 0 Å². The zero-order valence-electron chi connectivity index (χ0n) is 10.9. The molecule has 1 amide bonds. The van der Waals surface area contributed by atoms with Crippen molar-refractivity contribution in [1.29, 1.82) is 0 Å². The lowest BCUT2D eigenvalue weighted by Crippen LogP contribution is -2.25. The van der Waals surface area contributed by atoms with E-state index in [4.69, 9.17) is 10.5 Å². The number of methoxy groups -OCH3 is 1. The molecule has 2 unspecified atom stereocenters. The molecule has 0 spiro atoms. The number of carbonyl (C=O) groups excluding carboxylic acids is 1. The third-order valence-corrected chi connectivity index (χ3v) is 3.72. The van der Waals surface area contributed by atoms with E-state index in [0.717, 1.165) is 19.3 Å². The fourth-order valence-electron chi connectivity index (χ4n) is 2.53. The van der Waals surface area contributed by atoms with E-state index in [9.17, 15) is 4.79 Å². The van der Waals surface area contributed by atoms with Crippen LogP contribution in [-0.2, 0) is 4.79 Å². The van der Waals surface area contributed by atoms with Crippen molar-refractivity contribution < 1.29 is 9.53 Å². The number of ether oxygens (including phenoxy) is 1. The first-order valence-electron chi connectivity index (χ1n) is 6.36. The molecule has 1 aliphatic carbocycles. The molecule has 2 atom stereocenters. The number of nitrogens with two attached hydrogens (primary N) is 1. The lowest BCUT2D eigenvalue weighted by molar-refractivity contribution is -0.120. The lowest BCUT2D eigenvalue weighted by Gasteiger charge is -2.16. The minimum Gasteiger partial charge on any atom is -0.497 e. The van der Waals surface area contributed by atoms with Crippen molar-refractivity contribution in [2.75, 3.05) is 18.2 Å². The third kappa shape index (κ3) is 2.58. The maximum Gasteiger partial charge on any atom is 0.227 e. The Balaban J connectivity index is 2.11. The predicted molar refractivity (Wildman–Crippen MR) is 72.5 cm³/mol. The number of rotatable bonds is 3. The van der Waals surface area contributed by atoms with Gasteiger partial charge in [0.05, 0.1) is 18.5 Å². The van der Waals surface area contributed by atoms with Gasteiger partial charge in [0.1, 0.15) is 5.75 Å². The second-order valence-electron chi connectivity index (χ2n) is 4.96. The number of hydrogen-bond acceptors (Lipinski definition) is 3. The number of nitrogens with one attached hydrogen (secondary N) is 1. The Labute approximate surface area is 108 Å². The quantitative estimate of drug-likeness (QED) is 0.808. The number of nitrogen functional groups attached to an aromatic ring is 1. The van der Waals surface area contributed by atoms with Crippen LogP contribution < -0.4 is 15.8 Å². The molecule has 0 radical (unpaired) electrons. The molecule has 98 valence electrons. The number of anilines is 2. The predicted octanol–water partition coefficient (Wildman–Crippen LogP) is 2.65. The summed E-state index contributed by atoms with van der Waals surface area (Å²) >= 11 is 0. The Hall–Kier alpha value is -1.71. The number of benzene rings is 1. The van der Waals surface area contributed by atoms with Gasteiger partial charge in [-0.3, -0.25) is 4.79 Å². The van der Waals surface area contributed by atoms with Gasteiger partial charge in [0.15, 0.2) is 0 Å². The van der Waals surface area contributed by atoms with Crippen molar-refractivity contribution in [3.8, 4) is 5.75 Å². The highest BCUT2D eigenvalue weighted by molar-refractivity contribution is 5.95. The van der Waals surface area contributed by atoms with E-state index >= 15 is 0 Å². The molecule has 4 heteroatoms. The van der Waals surface area contributed by atoms with Crippen LogP contribution in [-0.4, -0.2) is 13.0 Å². The molecule has 1 saturated carbocycles. The van der Waals surface area contributed by atoms with E-state index in [1.807, 2.05) is 0 Å². The summed E-state index contributed by atoms with van der Waals surface area (Å²) in [7, 11) is 1.59. The van der Waals surface area contributed by atoms with E-state index in [1.165, 1.54) is 0 Å². The lowest BCUT2D eigenvalue weighted by atomic mass is 9.97. The van der Waals surface area contributed by atoms with E-state index < -0.39 is 0 Å². The van der Waals surface area contributed by atoms with E-state index in [2.05, 4.69) is 12.2 Å². The van der Waals surface area contributed by atoms with Gasteiger partial charge in [-0.2, -0.15) is 0 Å². The summed E-state index contributed by atoms with van der Waals surface area (Å²) in [5.74, 6) is 1.33. The molecule has 3 N–H and O–H groups in total. The van der Waals surface area contributed by atoms with Gasteiger partial charge in [-0.05, 0) is 30.9 Å². The highest BCUT2D eigenvalue weighted by atomic mass is 16.5. The molecular formula is C14H20N2O2. The Morgan fingerprint density at radius 3 is 2.83 bits per heavy atom. The highest BCUT2D eigenvalue weighted by Crippen LogP contribution is 2.33. The van der Waals surface area contributed by atoms with Crippen LogP contribution in [0.15, 0.2) is 18.2 Å². The average molecular weight is 248 g/mol. The minimum atomic E-state index is 0.0694. The summed E-state index contributed by atoms with van der Waals surface area (Å²) in [5.41, 5.74) is 7.06. The SMILES string of the molecule is COc1ccc(N)c(NC(=O)C2CCCC2C)c1. The second-order valence-corrected chi connectivity index (χ2v) is 4.96. The zero-order valence-corrected chi connectivity index (χ0v) is 10.9. The van der Waals surface area contributed by atoms with Gasteiger partial charge in [0.25, 0.3) is 0 Å². The van der Waals surface area contributed by atoms with Crippen LogP contribution in [0.3, 0.4) is 0 Å². The molecule has 4 nitrogen and oxygen atoms in total. The molecule has 1 aromatic rings. The fourth-order valence-corrected chi connectivity index (χ4v) is 2.53. The van der Waals surface area contributed by atoms with Crippen LogP contribution in [0.4, 0.5) is 11.4 Å². The molecule has 0 aromatic heterocycles. The summed E-state index contributed by atoms with van der Waals surface area (Å²) in [6.45, 7) is 2.13. The van der Waals surface area contributed by atoms with E-state index in [1.54, 1.807) is 25.3 Å². The first-order chi connectivity index (χ1) is 8.61. The fraction of sp³-hybridized carbons (Fsp3) is 0.500. The maximum absolute atomic E-state index is 12.2. The molecule has 1 fully saturated rings. The molecule has 2 rings (SSSR count). The first kappa shape index (κ1) is 12.7. The molecule has 1 aliphatic rings. The van der Waals surface area contributed by atoms with Crippen molar-refractivity contribution >= 4 is 17.3 Å². The van der Waals surface area contributed by atoms with Crippen LogP contribution in [0.1, 0.15) is 26.2 Å². The van der Waals surface area contributed by atoms with Gasteiger partial charge in [-0.1, -0.05) is 13.3 Å². The number of amides is 1. The monoisotopic (exact) mass is 248 g/mol. The first-order valence-corrected chi connectivity index (χ1v) is 6.36. The Morgan fingerprint density at radius 2 is 2.22 bits per heavy atom. The molecule has 0 bridgehead atoms. The zero-order chi connectivity index (χ0) is 13.1. The van der Waals surface area contributed by atoms with Crippen molar-refractivity contribution in [2.45, 2.75) is 26.2 Å². The summed E-state index contributed by atoms with van der Waals surface area (Å²) in [6, 6.07) is 5.28. The number of carbonyl (C=O) groups is 1. The summed E-state index contributed by atoms with van der Waals surface area (Å²) in [5, 5.41) is 2.91. The van der Waals surface area contributed by atoms with Crippen molar-refractivity contribution in [2.24, 2.45) is 11.8 Å². The topological polar surface area (TPSA) is 64.3 Å². The molecular weight excluding hydrogens is 228 g/mol. The van der Waals surface area contributed by atoms with Crippen LogP contribution in [0, 0.1) is 11.8 Å².